The molecule has 2 aliphatic rings. The summed E-state index contributed by atoms with van der Waals surface area (Å²) in [6, 6.07) is 6.32. The molecule has 3 nitrogen and oxygen atoms in total. The topological polar surface area (TPSA) is 18.5 Å². The maximum absolute atomic E-state index is 13.4. The van der Waals surface area contributed by atoms with Crippen LogP contribution in [0.1, 0.15) is 73.4 Å². The van der Waals surface area contributed by atoms with Crippen molar-refractivity contribution in [2.45, 2.75) is 69.5 Å². The van der Waals surface area contributed by atoms with Gasteiger partial charge in [-0.1, -0.05) is 35.7 Å². The van der Waals surface area contributed by atoms with Gasteiger partial charge in [0.05, 0.1) is 17.2 Å². The Labute approximate surface area is 235 Å². The standard InChI is InChI=1S/C28H33Cl2F6N3/c1-18(19-14-20(27(31,32)33)16-21(15-19)28(34,35)36)37-17-25(26-23(29)6-5-7-24(26)30)39-12-8-22(9-13-39)38-10-3-2-4-11-38/h5-7,14-16,18,22,25,37H,2-4,8-13,17H2,1H3. The zero-order chi connectivity index (χ0) is 28.4. The molecule has 2 aliphatic heterocycles. The van der Waals surface area contributed by atoms with E-state index in [-0.39, 0.29) is 24.2 Å². The summed E-state index contributed by atoms with van der Waals surface area (Å²) < 4.78 is 80.4. The van der Waals surface area contributed by atoms with Gasteiger partial charge < -0.3 is 10.2 Å². The van der Waals surface area contributed by atoms with Gasteiger partial charge >= 0.3 is 12.4 Å². The van der Waals surface area contributed by atoms with E-state index in [1.807, 2.05) is 0 Å². The predicted molar refractivity (Wildman–Crippen MR) is 142 cm³/mol. The molecule has 2 fully saturated rings. The van der Waals surface area contributed by atoms with Crippen molar-refractivity contribution < 1.29 is 26.3 Å². The third-order valence-corrected chi connectivity index (χ3v) is 8.57. The van der Waals surface area contributed by atoms with Crippen LogP contribution in [0.15, 0.2) is 36.4 Å². The predicted octanol–water partition coefficient (Wildman–Crippen LogP) is 8.37. The van der Waals surface area contributed by atoms with Gasteiger partial charge in [-0.2, -0.15) is 26.3 Å². The van der Waals surface area contributed by atoms with E-state index in [0.29, 0.717) is 21.7 Å². The zero-order valence-electron chi connectivity index (χ0n) is 21.7. The third kappa shape index (κ3) is 7.61. The number of nitrogens with zero attached hydrogens (tertiary/aromatic N) is 2. The monoisotopic (exact) mass is 595 g/mol. The van der Waals surface area contributed by atoms with E-state index in [1.165, 1.54) is 19.3 Å². The molecule has 2 aromatic rings. The molecule has 0 saturated carbocycles. The fraction of sp³-hybridized carbons (Fsp3) is 0.571. The summed E-state index contributed by atoms with van der Waals surface area (Å²) in [6.45, 7) is 5.59. The van der Waals surface area contributed by atoms with E-state index in [2.05, 4.69) is 15.1 Å². The first-order valence-electron chi connectivity index (χ1n) is 13.3. The summed E-state index contributed by atoms with van der Waals surface area (Å²) in [5.41, 5.74) is -2.04. The Morgan fingerprint density at radius 1 is 0.846 bits per heavy atom. The number of hydrogen-bond donors (Lipinski definition) is 1. The Morgan fingerprint density at radius 3 is 1.90 bits per heavy atom. The maximum Gasteiger partial charge on any atom is 0.416 e. The highest BCUT2D eigenvalue weighted by Gasteiger charge is 2.38. The van der Waals surface area contributed by atoms with Gasteiger partial charge in [0.1, 0.15) is 0 Å². The van der Waals surface area contributed by atoms with Crippen molar-refractivity contribution in [3.63, 3.8) is 0 Å². The molecule has 216 valence electrons. The quantitative estimate of drug-likeness (QED) is 0.324. The lowest BCUT2D eigenvalue weighted by molar-refractivity contribution is -0.143. The highest BCUT2D eigenvalue weighted by molar-refractivity contribution is 6.36. The van der Waals surface area contributed by atoms with E-state index in [9.17, 15) is 26.3 Å². The van der Waals surface area contributed by atoms with Gasteiger partial charge in [-0.3, -0.25) is 4.90 Å². The lowest BCUT2D eigenvalue weighted by Crippen LogP contribution is -2.48. The molecule has 2 aromatic carbocycles. The molecule has 0 aliphatic carbocycles. The van der Waals surface area contributed by atoms with Crippen molar-refractivity contribution in [2.75, 3.05) is 32.7 Å². The summed E-state index contributed by atoms with van der Waals surface area (Å²) >= 11 is 13.1. The van der Waals surface area contributed by atoms with Crippen LogP contribution in [0, 0.1) is 0 Å². The number of rotatable bonds is 7. The molecule has 2 saturated heterocycles. The van der Waals surface area contributed by atoms with Crippen LogP contribution >= 0.6 is 23.2 Å². The van der Waals surface area contributed by atoms with Gasteiger partial charge in [0.2, 0.25) is 0 Å². The Balaban J connectivity index is 1.54. The minimum Gasteiger partial charge on any atom is -0.308 e. The number of likely N-dealkylation sites (tertiary alicyclic amines) is 2. The van der Waals surface area contributed by atoms with Crippen LogP contribution in [0.4, 0.5) is 26.3 Å². The summed E-state index contributed by atoms with van der Waals surface area (Å²) in [7, 11) is 0. The summed E-state index contributed by atoms with van der Waals surface area (Å²) in [5.74, 6) is 0. The first-order valence-corrected chi connectivity index (χ1v) is 14.0. The van der Waals surface area contributed by atoms with Gasteiger partial charge in [-0.25, -0.2) is 0 Å². The number of halogens is 8. The smallest absolute Gasteiger partial charge is 0.308 e. The van der Waals surface area contributed by atoms with Crippen molar-refractivity contribution in [3.8, 4) is 0 Å². The molecule has 39 heavy (non-hydrogen) atoms. The van der Waals surface area contributed by atoms with Gasteiger partial charge in [0, 0.05) is 47.3 Å². The fourth-order valence-electron chi connectivity index (χ4n) is 5.72. The van der Waals surface area contributed by atoms with Gasteiger partial charge in [-0.05, 0) is 81.6 Å². The molecule has 0 radical (unpaired) electrons. The van der Waals surface area contributed by atoms with Crippen LogP contribution in [0.2, 0.25) is 10.0 Å². The van der Waals surface area contributed by atoms with Gasteiger partial charge in [-0.15, -0.1) is 0 Å². The normalized spacial score (nSPS) is 20.2. The van der Waals surface area contributed by atoms with Gasteiger partial charge in [0.15, 0.2) is 0 Å². The van der Waals surface area contributed by atoms with Crippen molar-refractivity contribution in [1.29, 1.82) is 0 Å². The van der Waals surface area contributed by atoms with Crippen molar-refractivity contribution >= 4 is 23.2 Å². The molecular formula is C28H33Cl2F6N3. The molecule has 2 atom stereocenters. The molecule has 0 spiro atoms. The SMILES string of the molecule is CC(NCC(c1c(Cl)cccc1Cl)N1CCC(N2CCCCC2)CC1)c1cc(C(F)(F)F)cc(C(F)(F)F)c1. The molecular weight excluding hydrogens is 563 g/mol. The first kappa shape index (κ1) is 30.4. The van der Waals surface area contributed by atoms with Crippen LogP contribution < -0.4 is 5.32 Å². The average Bonchev–Trinajstić information content (AvgIpc) is 2.89. The molecule has 0 bridgehead atoms. The second kappa shape index (κ2) is 12.6. The fourth-order valence-corrected chi connectivity index (χ4v) is 6.37. The highest BCUT2D eigenvalue weighted by Crippen LogP contribution is 2.39. The second-order valence-corrected chi connectivity index (χ2v) is 11.3. The minimum atomic E-state index is -4.90. The number of piperidine rings is 2. The molecule has 1 N–H and O–H groups in total. The molecule has 0 aromatic heterocycles. The van der Waals surface area contributed by atoms with Crippen molar-refractivity contribution in [1.82, 2.24) is 15.1 Å². The van der Waals surface area contributed by atoms with Crippen LogP contribution in [-0.2, 0) is 12.4 Å². The second-order valence-electron chi connectivity index (χ2n) is 10.5. The third-order valence-electron chi connectivity index (χ3n) is 7.91. The Kier molecular flexibility index (Phi) is 9.80. The van der Waals surface area contributed by atoms with E-state index in [1.54, 1.807) is 25.1 Å². The first-order chi connectivity index (χ1) is 18.3. The van der Waals surface area contributed by atoms with E-state index in [4.69, 9.17) is 23.2 Å². The molecule has 2 unspecified atom stereocenters. The number of alkyl halides is 6. The van der Waals surface area contributed by atoms with E-state index < -0.39 is 29.5 Å². The lowest BCUT2D eigenvalue weighted by Gasteiger charge is -2.43. The zero-order valence-corrected chi connectivity index (χ0v) is 23.2. The molecule has 2 heterocycles. The largest absolute Gasteiger partial charge is 0.416 e. The number of hydrogen-bond acceptors (Lipinski definition) is 3. The van der Waals surface area contributed by atoms with Gasteiger partial charge in [0.25, 0.3) is 0 Å². The summed E-state index contributed by atoms with van der Waals surface area (Å²) in [5, 5.41) is 4.12. The minimum absolute atomic E-state index is 0.0926. The van der Waals surface area contributed by atoms with Crippen LogP contribution in [0.3, 0.4) is 0 Å². The molecule has 0 amide bonds. The van der Waals surface area contributed by atoms with Crippen molar-refractivity contribution in [2.24, 2.45) is 0 Å². The Bertz CT molecular complexity index is 1060. The van der Waals surface area contributed by atoms with E-state index in [0.717, 1.165) is 51.2 Å². The Morgan fingerprint density at radius 2 is 1.38 bits per heavy atom. The molecule has 11 heteroatoms. The summed E-state index contributed by atoms with van der Waals surface area (Å²) in [6.07, 6.45) is -4.17. The Hall–Kier alpha value is -1.52. The van der Waals surface area contributed by atoms with E-state index >= 15 is 0 Å². The van der Waals surface area contributed by atoms with Crippen LogP contribution in [0.25, 0.3) is 0 Å². The van der Waals surface area contributed by atoms with Crippen molar-refractivity contribution in [3.05, 3.63) is 68.7 Å². The molecule has 4 rings (SSSR count). The lowest BCUT2D eigenvalue weighted by atomic mass is 9.96. The highest BCUT2D eigenvalue weighted by atomic mass is 35.5. The number of benzene rings is 2. The maximum atomic E-state index is 13.4. The number of nitrogens with one attached hydrogen (secondary N) is 1. The van der Waals surface area contributed by atoms with Crippen LogP contribution in [0.5, 0.6) is 0 Å². The van der Waals surface area contributed by atoms with Crippen LogP contribution in [-0.4, -0.2) is 48.6 Å². The summed E-state index contributed by atoms with van der Waals surface area (Å²) in [4.78, 5) is 4.82. The average molecular weight is 596 g/mol.